The molecule has 1 aliphatic heterocycles. The van der Waals surface area contributed by atoms with Crippen molar-refractivity contribution in [3.8, 4) is 0 Å². The van der Waals surface area contributed by atoms with E-state index in [1.165, 1.54) is 17.2 Å². The smallest absolute Gasteiger partial charge is 0.0474 e. The van der Waals surface area contributed by atoms with Gasteiger partial charge < -0.3 is 10.6 Å². The maximum Gasteiger partial charge on any atom is 0.0474 e. The molecule has 1 aliphatic rings. The van der Waals surface area contributed by atoms with E-state index in [-0.39, 0.29) is 6.04 Å². The van der Waals surface area contributed by atoms with E-state index in [1.54, 1.807) is 0 Å². The van der Waals surface area contributed by atoms with Gasteiger partial charge in [0.1, 0.15) is 0 Å². The molecule has 94 valence electrons. The molecule has 1 saturated heterocycles. The molecule has 2 unspecified atom stereocenters. The van der Waals surface area contributed by atoms with E-state index >= 15 is 0 Å². The van der Waals surface area contributed by atoms with Crippen LogP contribution in [0.25, 0.3) is 0 Å². The summed E-state index contributed by atoms with van der Waals surface area (Å²) >= 11 is 8.30. The van der Waals surface area contributed by atoms with E-state index in [1.807, 2.05) is 24.8 Å². The van der Waals surface area contributed by atoms with Crippen molar-refractivity contribution in [2.45, 2.75) is 25.9 Å². The van der Waals surface area contributed by atoms with Crippen molar-refractivity contribution >= 4 is 29.1 Å². The number of halogens is 1. The highest BCUT2D eigenvalue weighted by Gasteiger charge is 2.19. The molecule has 0 aromatic heterocycles. The van der Waals surface area contributed by atoms with Gasteiger partial charge in [0, 0.05) is 40.8 Å². The monoisotopic (exact) mass is 270 g/mol. The molecule has 1 aromatic rings. The number of anilines is 1. The number of hydrogen-bond donors (Lipinski definition) is 1. The van der Waals surface area contributed by atoms with Gasteiger partial charge in [0.05, 0.1) is 0 Å². The van der Waals surface area contributed by atoms with Gasteiger partial charge >= 0.3 is 0 Å². The Morgan fingerprint density at radius 3 is 2.88 bits per heavy atom. The molecular weight excluding hydrogens is 252 g/mol. The van der Waals surface area contributed by atoms with E-state index in [0.29, 0.717) is 6.04 Å². The lowest BCUT2D eigenvalue weighted by atomic mass is 10.1. The van der Waals surface area contributed by atoms with Gasteiger partial charge in [0.25, 0.3) is 0 Å². The number of hydrogen-bond acceptors (Lipinski definition) is 3. The van der Waals surface area contributed by atoms with Gasteiger partial charge in [-0.1, -0.05) is 17.7 Å². The zero-order valence-corrected chi connectivity index (χ0v) is 11.9. The second-order valence-electron chi connectivity index (χ2n) is 4.61. The van der Waals surface area contributed by atoms with Crippen molar-refractivity contribution in [3.05, 3.63) is 28.8 Å². The Hall–Kier alpha value is -0.380. The fraction of sp³-hybridized carbons (Fsp3) is 0.538. The standard InChI is InChI=1S/C13H19ClN2S/c1-9-8-17-6-5-16(9)11-3-4-12(10(2)15)13(14)7-11/h3-4,7,9-10H,5-6,8,15H2,1-2H3. The molecule has 2 rings (SSSR count). The summed E-state index contributed by atoms with van der Waals surface area (Å²) in [5.41, 5.74) is 8.11. The van der Waals surface area contributed by atoms with Crippen molar-refractivity contribution in [3.63, 3.8) is 0 Å². The van der Waals surface area contributed by atoms with E-state index < -0.39 is 0 Å². The van der Waals surface area contributed by atoms with Crippen molar-refractivity contribution in [1.29, 1.82) is 0 Å². The SMILES string of the molecule is CC(N)c1ccc(N2CCSCC2C)cc1Cl. The van der Waals surface area contributed by atoms with Crippen LogP contribution in [0, 0.1) is 0 Å². The molecule has 1 heterocycles. The van der Waals surface area contributed by atoms with Gasteiger partial charge in [-0.25, -0.2) is 0 Å². The predicted octanol–water partition coefficient (Wildman–Crippen LogP) is 3.30. The van der Waals surface area contributed by atoms with E-state index in [2.05, 4.69) is 24.0 Å². The third-order valence-corrected chi connectivity index (χ3v) is 4.69. The topological polar surface area (TPSA) is 29.3 Å². The summed E-state index contributed by atoms with van der Waals surface area (Å²) in [4.78, 5) is 2.42. The minimum atomic E-state index is -0.00844. The number of nitrogens with zero attached hydrogens (tertiary/aromatic N) is 1. The Balaban J connectivity index is 2.24. The highest BCUT2D eigenvalue weighted by atomic mass is 35.5. The maximum absolute atomic E-state index is 6.28. The first-order valence-corrected chi connectivity index (χ1v) is 7.52. The normalized spacial score (nSPS) is 22.6. The fourth-order valence-corrected chi connectivity index (χ4v) is 3.54. The summed E-state index contributed by atoms with van der Waals surface area (Å²) in [6.45, 7) is 5.32. The first kappa shape index (κ1) is 13.1. The van der Waals surface area contributed by atoms with Gasteiger partial charge in [-0.2, -0.15) is 11.8 Å². The van der Waals surface area contributed by atoms with Crippen LogP contribution in [-0.4, -0.2) is 24.1 Å². The molecule has 0 radical (unpaired) electrons. The largest absolute Gasteiger partial charge is 0.367 e. The highest BCUT2D eigenvalue weighted by Crippen LogP contribution is 2.30. The Morgan fingerprint density at radius 2 is 2.29 bits per heavy atom. The Kier molecular flexibility index (Phi) is 4.23. The summed E-state index contributed by atoms with van der Waals surface area (Å²) in [5, 5.41) is 0.780. The third kappa shape index (κ3) is 2.90. The summed E-state index contributed by atoms with van der Waals surface area (Å²) in [6.07, 6.45) is 0. The molecular formula is C13H19ClN2S. The second-order valence-corrected chi connectivity index (χ2v) is 6.17. The quantitative estimate of drug-likeness (QED) is 0.894. The van der Waals surface area contributed by atoms with E-state index in [0.717, 1.165) is 17.1 Å². The van der Waals surface area contributed by atoms with Gasteiger partial charge in [-0.15, -0.1) is 0 Å². The van der Waals surface area contributed by atoms with Crippen LogP contribution in [0.2, 0.25) is 5.02 Å². The van der Waals surface area contributed by atoms with Crippen LogP contribution in [-0.2, 0) is 0 Å². The number of nitrogens with two attached hydrogens (primary N) is 1. The van der Waals surface area contributed by atoms with Crippen LogP contribution in [0.5, 0.6) is 0 Å². The molecule has 0 saturated carbocycles. The lowest BCUT2D eigenvalue weighted by Gasteiger charge is -2.35. The number of rotatable bonds is 2. The van der Waals surface area contributed by atoms with Crippen LogP contribution in [0.3, 0.4) is 0 Å². The zero-order valence-electron chi connectivity index (χ0n) is 10.3. The van der Waals surface area contributed by atoms with Gasteiger partial charge in [0.2, 0.25) is 0 Å². The second kappa shape index (κ2) is 5.51. The Bertz CT molecular complexity index is 395. The third-order valence-electron chi connectivity index (χ3n) is 3.17. The molecule has 0 amide bonds. The summed E-state index contributed by atoms with van der Waals surface area (Å²) < 4.78 is 0. The van der Waals surface area contributed by atoms with Gasteiger partial charge in [-0.3, -0.25) is 0 Å². The van der Waals surface area contributed by atoms with Crippen LogP contribution >= 0.6 is 23.4 Å². The molecule has 2 atom stereocenters. The summed E-state index contributed by atoms with van der Waals surface area (Å²) in [7, 11) is 0. The maximum atomic E-state index is 6.28. The van der Waals surface area contributed by atoms with Gasteiger partial charge in [-0.05, 0) is 31.5 Å². The minimum absolute atomic E-state index is 0.00844. The molecule has 4 heteroatoms. The fourth-order valence-electron chi connectivity index (χ4n) is 2.17. The van der Waals surface area contributed by atoms with Crippen molar-refractivity contribution in [2.75, 3.05) is 23.0 Å². The molecule has 2 nitrogen and oxygen atoms in total. The molecule has 0 aliphatic carbocycles. The van der Waals surface area contributed by atoms with Crippen LogP contribution in [0.15, 0.2) is 18.2 Å². The summed E-state index contributed by atoms with van der Waals surface area (Å²) in [5.74, 6) is 2.38. The molecule has 1 aromatic carbocycles. The number of benzene rings is 1. The van der Waals surface area contributed by atoms with Crippen LogP contribution < -0.4 is 10.6 Å². The van der Waals surface area contributed by atoms with E-state index in [9.17, 15) is 0 Å². The molecule has 0 spiro atoms. The van der Waals surface area contributed by atoms with Crippen molar-refractivity contribution < 1.29 is 0 Å². The first-order valence-electron chi connectivity index (χ1n) is 5.99. The Labute approximate surface area is 113 Å². The lowest BCUT2D eigenvalue weighted by molar-refractivity contribution is 0.699. The van der Waals surface area contributed by atoms with Gasteiger partial charge in [0.15, 0.2) is 0 Å². The average molecular weight is 271 g/mol. The van der Waals surface area contributed by atoms with E-state index in [4.69, 9.17) is 17.3 Å². The van der Waals surface area contributed by atoms with Crippen LogP contribution in [0.4, 0.5) is 5.69 Å². The van der Waals surface area contributed by atoms with Crippen molar-refractivity contribution in [1.82, 2.24) is 0 Å². The predicted molar refractivity (Wildman–Crippen MR) is 78.2 cm³/mol. The van der Waals surface area contributed by atoms with Crippen molar-refractivity contribution in [2.24, 2.45) is 5.73 Å². The zero-order chi connectivity index (χ0) is 12.4. The molecule has 2 N–H and O–H groups in total. The van der Waals surface area contributed by atoms with Crippen LogP contribution in [0.1, 0.15) is 25.5 Å². The first-order chi connectivity index (χ1) is 8.09. The number of thioether (sulfide) groups is 1. The highest BCUT2D eigenvalue weighted by molar-refractivity contribution is 7.99. The molecule has 0 bridgehead atoms. The average Bonchev–Trinajstić information content (AvgIpc) is 2.29. The lowest BCUT2D eigenvalue weighted by Crippen LogP contribution is -2.40. The molecule has 17 heavy (non-hydrogen) atoms. The Morgan fingerprint density at radius 1 is 1.53 bits per heavy atom. The summed E-state index contributed by atoms with van der Waals surface area (Å²) in [6, 6.07) is 6.80. The minimum Gasteiger partial charge on any atom is -0.367 e. The molecule has 1 fully saturated rings.